The maximum absolute atomic E-state index is 13.3. The van der Waals surface area contributed by atoms with E-state index in [1.165, 1.54) is 0 Å². The van der Waals surface area contributed by atoms with Crippen molar-refractivity contribution in [3.63, 3.8) is 0 Å². The highest BCUT2D eigenvalue weighted by Gasteiger charge is 2.55. The number of aldehydes is 1. The van der Waals surface area contributed by atoms with Crippen molar-refractivity contribution >= 4 is 18.2 Å². The van der Waals surface area contributed by atoms with Crippen LogP contribution in [0.15, 0.2) is 18.2 Å². The van der Waals surface area contributed by atoms with Crippen molar-refractivity contribution in [1.29, 1.82) is 0 Å². The highest BCUT2D eigenvalue weighted by molar-refractivity contribution is 6.06. The Morgan fingerprint density at radius 1 is 1.00 bits per heavy atom. The second-order valence-corrected chi connectivity index (χ2v) is 9.96. The van der Waals surface area contributed by atoms with E-state index in [0.717, 1.165) is 11.1 Å². The fourth-order valence-electron chi connectivity index (χ4n) is 3.33. The Bertz CT molecular complexity index is 750. The molecular formula is C24H36O6. The summed E-state index contributed by atoms with van der Waals surface area (Å²) in [5.41, 5.74) is -1.99. The summed E-state index contributed by atoms with van der Waals surface area (Å²) in [6.45, 7) is 16.7. The monoisotopic (exact) mass is 420 g/mol. The van der Waals surface area contributed by atoms with E-state index in [9.17, 15) is 19.5 Å². The van der Waals surface area contributed by atoms with Gasteiger partial charge < -0.3 is 19.4 Å². The molecule has 0 spiro atoms. The second kappa shape index (κ2) is 9.29. The average molecular weight is 421 g/mol. The van der Waals surface area contributed by atoms with Gasteiger partial charge in [-0.15, -0.1) is 0 Å². The van der Waals surface area contributed by atoms with Gasteiger partial charge in [0.2, 0.25) is 0 Å². The standard InChI is InChI=1S/C24H36O6/c1-10-29-20(26)24(28,18(14-25)15(2)3)21(27)30-19-16(22(4,5)6)12-11-13-17(19)23(7,8)9/h11-15,18,28H,10H2,1-9H3/t18-,24-/m0/s1. The van der Waals surface area contributed by atoms with Gasteiger partial charge in [-0.3, -0.25) is 0 Å². The Morgan fingerprint density at radius 2 is 1.47 bits per heavy atom. The predicted octanol–water partition coefficient (Wildman–Crippen LogP) is 3.95. The minimum atomic E-state index is -2.74. The Hall–Kier alpha value is -2.21. The predicted molar refractivity (Wildman–Crippen MR) is 115 cm³/mol. The first-order valence-corrected chi connectivity index (χ1v) is 10.3. The first-order valence-electron chi connectivity index (χ1n) is 10.3. The molecule has 0 amide bonds. The number of ether oxygens (including phenoxy) is 2. The van der Waals surface area contributed by atoms with E-state index in [4.69, 9.17) is 9.47 Å². The quantitative estimate of drug-likeness (QED) is 0.311. The van der Waals surface area contributed by atoms with Crippen LogP contribution in [0.1, 0.15) is 73.4 Å². The summed E-state index contributed by atoms with van der Waals surface area (Å²) in [5.74, 6) is -3.92. The average Bonchev–Trinajstić information content (AvgIpc) is 2.60. The van der Waals surface area contributed by atoms with Crippen molar-refractivity contribution in [2.75, 3.05) is 6.61 Å². The molecule has 2 atom stereocenters. The van der Waals surface area contributed by atoms with E-state index in [1.54, 1.807) is 20.8 Å². The Kier molecular flexibility index (Phi) is 8.00. The van der Waals surface area contributed by atoms with Crippen molar-refractivity contribution in [3.05, 3.63) is 29.3 Å². The zero-order chi connectivity index (χ0) is 23.5. The number of aliphatic hydroxyl groups is 1. The summed E-state index contributed by atoms with van der Waals surface area (Å²) in [4.78, 5) is 37.7. The molecule has 1 aromatic rings. The highest BCUT2D eigenvalue weighted by Crippen LogP contribution is 2.40. The molecule has 0 bridgehead atoms. The van der Waals surface area contributed by atoms with Crippen LogP contribution >= 0.6 is 0 Å². The maximum atomic E-state index is 13.3. The van der Waals surface area contributed by atoms with Crippen LogP contribution in [0.3, 0.4) is 0 Å². The Morgan fingerprint density at radius 3 is 1.80 bits per heavy atom. The minimum Gasteiger partial charge on any atom is -0.463 e. The fraction of sp³-hybridized carbons (Fsp3) is 0.625. The van der Waals surface area contributed by atoms with Crippen LogP contribution in [0.4, 0.5) is 0 Å². The van der Waals surface area contributed by atoms with Crippen LogP contribution in [0.2, 0.25) is 0 Å². The zero-order valence-electron chi connectivity index (χ0n) is 19.7. The molecule has 0 aliphatic heterocycles. The van der Waals surface area contributed by atoms with Gasteiger partial charge in [0.1, 0.15) is 12.0 Å². The van der Waals surface area contributed by atoms with Gasteiger partial charge in [0.05, 0.1) is 12.5 Å². The summed E-state index contributed by atoms with van der Waals surface area (Å²) < 4.78 is 10.7. The summed E-state index contributed by atoms with van der Waals surface area (Å²) >= 11 is 0. The molecule has 6 nitrogen and oxygen atoms in total. The van der Waals surface area contributed by atoms with Crippen LogP contribution in [0.25, 0.3) is 0 Å². The number of rotatable bonds is 7. The molecule has 0 radical (unpaired) electrons. The van der Waals surface area contributed by atoms with E-state index in [1.807, 2.05) is 59.7 Å². The van der Waals surface area contributed by atoms with E-state index >= 15 is 0 Å². The Labute approximate surface area is 180 Å². The molecule has 6 heteroatoms. The normalized spacial score (nSPS) is 15.3. The number of carbonyl (C=O) groups is 3. The van der Waals surface area contributed by atoms with E-state index in [0.29, 0.717) is 12.0 Å². The number of hydrogen-bond donors (Lipinski definition) is 1. The lowest BCUT2D eigenvalue weighted by Crippen LogP contribution is -2.57. The van der Waals surface area contributed by atoms with Gasteiger partial charge in [-0.25, -0.2) is 9.59 Å². The third-order valence-corrected chi connectivity index (χ3v) is 5.07. The SMILES string of the molecule is CCOC(=O)[C@](O)(C(=O)Oc1c(C(C)(C)C)cccc1C(C)(C)C)[C@@H](C=O)C(C)C. The van der Waals surface area contributed by atoms with Crippen LogP contribution in [0.5, 0.6) is 5.75 Å². The topological polar surface area (TPSA) is 89.9 Å². The second-order valence-electron chi connectivity index (χ2n) is 9.96. The number of carbonyl (C=O) groups excluding carboxylic acids is 3. The fourth-order valence-corrected chi connectivity index (χ4v) is 3.33. The van der Waals surface area contributed by atoms with Gasteiger partial charge >= 0.3 is 11.9 Å². The van der Waals surface area contributed by atoms with E-state index in [-0.39, 0.29) is 17.4 Å². The van der Waals surface area contributed by atoms with Crippen LogP contribution in [-0.2, 0) is 30.0 Å². The lowest BCUT2D eigenvalue weighted by atomic mass is 9.78. The van der Waals surface area contributed by atoms with Crippen LogP contribution in [0, 0.1) is 11.8 Å². The number of para-hydroxylation sites is 1. The molecule has 168 valence electrons. The van der Waals surface area contributed by atoms with Gasteiger partial charge in [-0.05, 0) is 23.7 Å². The first kappa shape index (κ1) is 25.8. The molecule has 0 aromatic heterocycles. The molecule has 1 N–H and O–H groups in total. The van der Waals surface area contributed by atoms with Crippen molar-refractivity contribution < 1.29 is 29.0 Å². The van der Waals surface area contributed by atoms with Crippen molar-refractivity contribution in [2.24, 2.45) is 11.8 Å². The lowest BCUT2D eigenvalue weighted by Gasteiger charge is -2.33. The minimum absolute atomic E-state index is 0.0517. The van der Waals surface area contributed by atoms with Crippen LogP contribution in [-0.4, -0.2) is 35.5 Å². The van der Waals surface area contributed by atoms with Crippen molar-refractivity contribution in [2.45, 2.75) is 78.7 Å². The van der Waals surface area contributed by atoms with E-state index in [2.05, 4.69) is 0 Å². The van der Waals surface area contributed by atoms with Gasteiger partial charge in [-0.2, -0.15) is 0 Å². The highest BCUT2D eigenvalue weighted by atomic mass is 16.6. The molecule has 0 heterocycles. The maximum Gasteiger partial charge on any atom is 0.356 e. The van der Waals surface area contributed by atoms with Crippen LogP contribution < -0.4 is 4.74 Å². The van der Waals surface area contributed by atoms with Gasteiger partial charge in [0.25, 0.3) is 5.60 Å². The third-order valence-electron chi connectivity index (χ3n) is 5.07. The summed E-state index contributed by atoms with van der Waals surface area (Å²) in [6.07, 6.45) is 0.406. The molecular weight excluding hydrogens is 384 g/mol. The van der Waals surface area contributed by atoms with Gasteiger partial charge in [0.15, 0.2) is 0 Å². The zero-order valence-corrected chi connectivity index (χ0v) is 19.7. The molecule has 0 fully saturated rings. The molecule has 0 unspecified atom stereocenters. The number of benzene rings is 1. The molecule has 0 aliphatic rings. The summed E-state index contributed by atoms with van der Waals surface area (Å²) in [7, 11) is 0. The van der Waals surface area contributed by atoms with Crippen molar-refractivity contribution in [3.8, 4) is 5.75 Å². The summed E-state index contributed by atoms with van der Waals surface area (Å²) in [6, 6.07) is 5.58. The molecule has 0 saturated carbocycles. The Balaban J connectivity index is 3.67. The van der Waals surface area contributed by atoms with Gasteiger partial charge in [0, 0.05) is 11.1 Å². The smallest absolute Gasteiger partial charge is 0.356 e. The molecule has 1 aromatic carbocycles. The molecule has 0 aliphatic carbocycles. The third kappa shape index (κ3) is 5.28. The van der Waals surface area contributed by atoms with Gasteiger partial charge in [-0.1, -0.05) is 73.6 Å². The molecule has 1 rings (SSSR count). The molecule has 30 heavy (non-hydrogen) atoms. The van der Waals surface area contributed by atoms with Crippen molar-refractivity contribution in [1.82, 2.24) is 0 Å². The number of hydrogen-bond acceptors (Lipinski definition) is 6. The lowest BCUT2D eigenvalue weighted by molar-refractivity contribution is -0.187. The summed E-state index contributed by atoms with van der Waals surface area (Å²) in [5, 5.41) is 11.2. The van der Waals surface area contributed by atoms with E-state index < -0.39 is 29.4 Å². The first-order chi connectivity index (χ1) is 13.6. The molecule has 0 saturated heterocycles. The largest absolute Gasteiger partial charge is 0.463 e. The number of esters is 2.